The smallest absolute Gasteiger partial charge is 0.407 e. The number of carboxylic acids is 1. The Morgan fingerprint density at radius 3 is 2.03 bits per heavy atom. The number of carboxylic acid groups (broad SMARTS) is 1. The van der Waals surface area contributed by atoms with Crippen molar-refractivity contribution in [2.45, 2.75) is 31.8 Å². The van der Waals surface area contributed by atoms with Crippen molar-refractivity contribution in [3.8, 4) is 11.1 Å². The van der Waals surface area contributed by atoms with Crippen molar-refractivity contribution in [2.75, 3.05) is 13.2 Å². The van der Waals surface area contributed by atoms with Crippen molar-refractivity contribution in [1.29, 1.82) is 0 Å². The number of rotatable bonds is 8. The van der Waals surface area contributed by atoms with Crippen LogP contribution in [0.2, 0.25) is 0 Å². The van der Waals surface area contributed by atoms with Crippen LogP contribution in [0.15, 0.2) is 48.5 Å². The van der Waals surface area contributed by atoms with Gasteiger partial charge in [-0.2, -0.15) is 0 Å². The molecule has 0 aromatic heterocycles. The van der Waals surface area contributed by atoms with Crippen molar-refractivity contribution >= 4 is 18.0 Å². The minimum Gasteiger partial charge on any atom is -0.480 e. The van der Waals surface area contributed by atoms with Crippen LogP contribution >= 0.6 is 0 Å². The molecule has 8 nitrogen and oxygen atoms in total. The van der Waals surface area contributed by atoms with Gasteiger partial charge in [-0.15, -0.1) is 0 Å². The molecule has 3 rings (SSSR count). The van der Waals surface area contributed by atoms with Crippen LogP contribution in [0.1, 0.15) is 30.9 Å². The first-order valence-corrected chi connectivity index (χ1v) is 10.1. The van der Waals surface area contributed by atoms with Crippen LogP contribution in [0.25, 0.3) is 11.1 Å². The summed E-state index contributed by atoms with van der Waals surface area (Å²) in [5.41, 5.74) is 4.45. The van der Waals surface area contributed by atoms with E-state index in [1.807, 2.05) is 48.5 Å². The van der Waals surface area contributed by atoms with E-state index < -0.39 is 42.6 Å². The molecular weight excluding hydrogens is 400 g/mol. The lowest BCUT2D eigenvalue weighted by atomic mass is 9.98. The van der Waals surface area contributed by atoms with Gasteiger partial charge in [-0.3, -0.25) is 4.79 Å². The fourth-order valence-corrected chi connectivity index (χ4v) is 3.67. The van der Waals surface area contributed by atoms with Gasteiger partial charge in [0.25, 0.3) is 0 Å². The Morgan fingerprint density at radius 1 is 0.968 bits per heavy atom. The number of carbonyl (C=O) groups excluding carboxylic acids is 2. The molecule has 0 saturated carbocycles. The highest BCUT2D eigenvalue weighted by Crippen LogP contribution is 2.44. The Bertz CT molecular complexity index is 931. The largest absolute Gasteiger partial charge is 0.480 e. The third-order valence-corrected chi connectivity index (χ3v) is 5.65. The van der Waals surface area contributed by atoms with E-state index >= 15 is 0 Å². The highest BCUT2D eigenvalue weighted by Gasteiger charge is 2.30. The van der Waals surface area contributed by atoms with Crippen LogP contribution in [-0.4, -0.2) is 53.5 Å². The zero-order valence-corrected chi connectivity index (χ0v) is 17.4. The number of hydrogen-bond donors (Lipinski definition) is 4. The maximum absolute atomic E-state index is 12.3. The van der Waals surface area contributed by atoms with Crippen LogP contribution in [-0.2, 0) is 14.3 Å². The van der Waals surface area contributed by atoms with E-state index in [-0.39, 0.29) is 12.5 Å². The van der Waals surface area contributed by atoms with Crippen LogP contribution in [0.5, 0.6) is 0 Å². The highest BCUT2D eigenvalue weighted by atomic mass is 16.5. The summed E-state index contributed by atoms with van der Waals surface area (Å²) in [6.07, 6.45) is -0.661. The number of nitrogens with one attached hydrogen (secondary N) is 2. The molecule has 164 valence electrons. The van der Waals surface area contributed by atoms with Gasteiger partial charge < -0.3 is 25.6 Å². The Morgan fingerprint density at radius 2 is 1.52 bits per heavy atom. The molecule has 0 bridgehead atoms. The molecule has 0 fully saturated rings. The van der Waals surface area contributed by atoms with Gasteiger partial charge in [-0.1, -0.05) is 55.5 Å². The van der Waals surface area contributed by atoms with E-state index in [1.54, 1.807) is 13.8 Å². The molecule has 0 spiro atoms. The molecule has 1 aliphatic carbocycles. The summed E-state index contributed by atoms with van der Waals surface area (Å²) in [6.45, 7) is 2.61. The predicted molar refractivity (Wildman–Crippen MR) is 113 cm³/mol. The molecule has 2 amide bonds. The maximum Gasteiger partial charge on any atom is 0.407 e. The third kappa shape index (κ3) is 4.86. The van der Waals surface area contributed by atoms with Crippen molar-refractivity contribution in [2.24, 2.45) is 5.92 Å². The van der Waals surface area contributed by atoms with E-state index in [9.17, 15) is 14.4 Å². The molecule has 31 heavy (non-hydrogen) atoms. The molecule has 3 atom stereocenters. The number of ether oxygens (including phenoxy) is 1. The number of carbonyl (C=O) groups is 3. The second kappa shape index (κ2) is 9.61. The quantitative estimate of drug-likeness (QED) is 0.512. The molecule has 3 unspecified atom stereocenters. The molecule has 2 aromatic carbocycles. The minimum absolute atomic E-state index is 0.0740. The Hall–Kier alpha value is -3.39. The van der Waals surface area contributed by atoms with Crippen molar-refractivity contribution in [3.63, 3.8) is 0 Å². The first-order chi connectivity index (χ1) is 14.8. The first-order valence-electron chi connectivity index (χ1n) is 10.1. The monoisotopic (exact) mass is 426 g/mol. The lowest BCUT2D eigenvalue weighted by molar-refractivity contribution is -0.143. The maximum atomic E-state index is 12.3. The molecule has 0 aliphatic heterocycles. The van der Waals surface area contributed by atoms with Gasteiger partial charge >= 0.3 is 12.1 Å². The van der Waals surface area contributed by atoms with Gasteiger partial charge in [0.15, 0.2) is 0 Å². The van der Waals surface area contributed by atoms with Gasteiger partial charge in [0, 0.05) is 12.0 Å². The molecule has 0 heterocycles. The summed E-state index contributed by atoms with van der Waals surface area (Å²) >= 11 is 0. The second-order valence-corrected chi connectivity index (χ2v) is 7.63. The van der Waals surface area contributed by atoms with E-state index in [4.69, 9.17) is 14.9 Å². The van der Waals surface area contributed by atoms with Gasteiger partial charge in [-0.05, 0) is 29.2 Å². The fraction of sp³-hybridized carbons (Fsp3) is 0.348. The molecule has 1 aliphatic rings. The molecule has 0 radical (unpaired) electrons. The third-order valence-electron chi connectivity index (χ3n) is 5.65. The summed E-state index contributed by atoms with van der Waals surface area (Å²) in [5, 5.41) is 22.8. The SMILES string of the molecule is CC(NC(=O)OCC1c2ccccc2-c2ccccc21)C(C)C(=O)NC(CO)C(=O)O. The fourth-order valence-electron chi connectivity index (χ4n) is 3.67. The van der Waals surface area contributed by atoms with Gasteiger partial charge in [0.1, 0.15) is 12.6 Å². The van der Waals surface area contributed by atoms with Crippen LogP contribution in [0.4, 0.5) is 4.79 Å². The van der Waals surface area contributed by atoms with E-state index in [0.29, 0.717) is 0 Å². The van der Waals surface area contributed by atoms with Gasteiger partial charge in [0.2, 0.25) is 5.91 Å². The normalized spacial score (nSPS) is 15.2. The molecular formula is C23H26N2O6. The lowest BCUT2D eigenvalue weighted by Crippen LogP contribution is -2.50. The average Bonchev–Trinajstić information content (AvgIpc) is 3.08. The number of hydrogen-bond acceptors (Lipinski definition) is 5. The number of amides is 2. The van der Waals surface area contributed by atoms with Crippen LogP contribution in [0.3, 0.4) is 0 Å². The number of fused-ring (bicyclic) bond motifs is 3. The number of alkyl carbamates (subject to hydrolysis) is 1. The van der Waals surface area contributed by atoms with E-state index in [2.05, 4.69) is 10.6 Å². The number of aliphatic hydroxyl groups excluding tert-OH is 1. The van der Waals surface area contributed by atoms with Gasteiger partial charge in [0.05, 0.1) is 12.5 Å². The van der Waals surface area contributed by atoms with E-state index in [0.717, 1.165) is 22.3 Å². The Balaban J connectivity index is 1.58. The Kier molecular flexibility index (Phi) is 6.91. The number of aliphatic hydroxyl groups is 1. The Labute approximate surface area is 180 Å². The van der Waals surface area contributed by atoms with Crippen molar-refractivity contribution in [3.05, 3.63) is 59.7 Å². The highest BCUT2D eigenvalue weighted by molar-refractivity contribution is 5.85. The van der Waals surface area contributed by atoms with E-state index in [1.165, 1.54) is 0 Å². The van der Waals surface area contributed by atoms with Crippen molar-refractivity contribution in [1.82, 2.24) is 10.6 Å². The molecule has 2 aromatic rings. The summed E-state index contributed by atoms with van der Waals surface area (Å²) in [4.78, 5) is 35.5. The van der Waals surface area contributed by atoms with Crippen LogP contribution in [0, 0.1) is 5.92 Å². The average molecular weight is 426 g/mol. The molecule has 8 heteroatoms. The predicted octanol–water partition coefficient (Wildman–Crippen LogP) is 2.11. The van der Waals surface area contributed by atoms with Crippen LogP contribution < -0.4 is 10.6 Å². The first kappa shape index (κ1) is 22.3. The minimum atomic E-state index is -1.39. The summed E-state index contributed by atoms with van der Waals surface area (Å²) in [5.74, 6) is -2.72. The molecule has 4 N–H and O–H groups in total. The zero-order valence-electron chi connectivity index (χ0n) is 17.4. The molecule has 0 saturated heterocycles. The van der Waals surface area contributed by atoms with Gasteiger partial charge in [-0.25, -0.2) is 9.59 Å². The number of benzene rings is 2. The second-order valence-electron chi connectivity index (χ2n) is 7.63. The number of aliphatic carboxylic acids is 1. The standard InChI is InChI=1S/C23H26N2O6/c1-13(21(27)25-20(11-26)22(28)29)14(2)24-23(30)31-12-19-17-9-5-3-7-15(17)16-8-4-6-10-18(16)19/h3-10,13-14,19-20,26H,11-12H2,1-2H3,(H,24,30)(H,25,27)(H,28,29). The lowest BCUT2D eigenvalue weighted by Gasteiger charge is -2.22. The summed E-state index contributed by atoms with van der Waals surface area (Å²) in [7, 11) is 0. The van der Waals surface area contributed by atoms with Crippen molar-refractivity contribution < 1.29 is 29.3 Å². The summed E-state index contributed by atoms with van der Waals surface area (Å²) < 4.78 is 5.46. The summed E-state index contributed by atoms with van der Waals surface area (Å²) in [6, 6.07) is 14.0. The topological polar surface area (TPSA) is 125 Å². The zero-order chi connectivity index (χ0) is 22.5.